The van der Waals surface area contributed by atoms with Gasteiger partial charge in [0.2, 0.25) is 10.0 Å². The fourth-order valence-corrected chi connectivity index (χ4v) is 3.01. The highest BCUT2D eigenvalue weighted by Gasteiger charge is 2.39. The molecule has 1 aromatic heterocycles. The average molecular weight is 345 g/mol. The third kappa shape index (κ3) is 2.87. The van der Waals surface area contributed by atoms with Crippen LogP contribution in [0.3, 0.4) is 0 Å². The Morgan fingerprint density at radius 2 is 2.09 bits per heavy atom. The number of hydrogen-bond acceptors (Lipinski definition) is 6. The topological polar surface area (TPSA) is 111 Å². The number of nitrogens with zero attached hydrogens (tertiary/aromatic N) is 2. The van der Waals surface area contributed by atoms with E-state index in [1.54, 1.807) is 12.1 Å². The molecule has 0 spiro atoms. The van der Waals surface area contributed by atoms with Gasteiger partial charge in [0.05, 0.1) is 10.4 Å². The Labute approximate surface area is 134 Å². The molecule has 9 heteroatoms. The lowest BCUT2D eigenvalue weighted by atomic mass is 9.77. The summed E-state index contributed by atoms with van der Waals surface area (Å²) in [4.78, 5) is 4.45. The zero-order valence-corrected chi connectivity index (χ0v) is 13.6. The van der Waals surface area contributed by atoms with Crippen LogP contribution in [0.1, 0.15) is 25.1 Å². The molecule has 3 N–H and O–H groups in total. The molecule has 1 saturated carbocycles. The molecule has 1 aliphatic rings. The van der Waals surface area contributed by atoms with Gasteiger partial charge in [0, 0.05) is 5.56 Å². The summed E-state index contributed by atoms with van der Waals surface area (Å²) in [6.07, 6.45) is 2.72. The lowest BCUT2D eigenvalue weighted by Gasteiger charge is -2.34. The van der Waals surface area contributed by atoms with E-state index in [9.17, 15) is 8.42 Å². The zero-order valence-electron chi connectivity index (χ0n) is 11.9. The van der Waals surface area contributed by atoms with Gasteiger partial charge in [-0.15, -0.1) is 12.4 Å². The van der Waals surface area contributed by atoms with Crippen LogP contribution in [-0.2, 0) is 15.6 Å². The molecule has 0 amide bonds. The van der Waals surface area contributed by atoms with Crippen LogP contribution in [0.5, 0.6) is 0 Å². The Kier molecular flexibility index (Phi) is 4.57. The van der Waals surface area contributed by atoms with Gasteiger partial charge in [-0.3, -0.25) is 0 Å². The Morgan fingerprint density at radius 3 is 2.68 bits per heavy atom. The van der Waals surface area contributed by atoms with E-state index < -0.39 is 15.6 Å². The van der Waals surface area contributed by atoms with Crippen molar-refractivity contribution in [2.45, 2.75) is 29.7 Å². The second-order valence-electron chi connectivity index (χ2n) is 5.17. The molecule has 0 saturated heterocycles. The number of sulfonamides is 1. The highest BCUT2D eigenvalue weighted by molar-refractivity contribution is 7.89. The van der Waals surface area contributed by atoms with Crippen LogP contribution in [0.25, 0.3) is 11.5 Å². The molecule has 0 radical (unpaired) electrons. The molecule has 1 heterocycles. The lowest BCUT2D eigenvalue weighted by molar-refractivity contribution is 0.229. The summed E-state index contributed by atoms with van der Waals surface area (Å²) in [5.74, 6) is 0.750. The van der Waals surface area contributed by atoms with Crippen LogP contribution < -0.4 is 10.5 Å². The monoisotopic (exact) mass is 344 g/mol. The van der Waals surface area contributed by atoms with E-state index in [0.717, 1.165) is 19.3 Å². The molecule has 3 rings (SSSR count). The minimum atomic E-state index is -3.51. The number of halogens is 1. The first kappa shape index (κ1) is 16.9. The van der Waals surface area contributed by atoms with Crippen molar-refractivity contribution >= 4 is 22.4 Å². The van der Waals surface area contributed by atoms with Gasteiger partial charge in [-0.25, -0.2) is 13.1 Å². The summed E-state index contributed by atoms with van der Waals surface area (Å²) in [5.41, 5.74) is 6.19. The smallest absolute Gasteiger partial charge is 0.258 e. The van der Waals surface area contributed by atoms with Crippen molar-refractivity contribution in [2.75, 3.05) is 7.05 Å². The van der Waals surface area contributed by atoms with Gasteiger partial charge in [-0.05, 0) is 44.5 Å². The number of benzene rings is 1. The largest absolute Gasteiger partial charge is 0.334 e. The summed E-state index contributed by atoms with van der Waals surface area (Å²) >= 11 is 0. The summed E-state index contributed by atoms with van der Waals surface area (Å²) in [6.45, 7) is 0. The third-order valence-corrected chi connectivity index (χ3v) is 5.19. The zero-order chi connectivity index (χ0) is 15.1. The third-order valence-electron chi connectivity index (χ3n) is 3.78. The first-order valence-corrected chi connectivity index (χ1v) is 8.10. The summed E-state index contributed by atoms with van der Waals surface area (Å²) < 4.78 is 31.1. The summed E-state index contributed by atoms with van der Waals surface area (Å²) in [5, 5.41) is 3.92. The van der Waals surface area contributed by atoms with E-state index in [1.807, 2.05) is 0 Å². The maximum absolute atomic E-state index is 11.8. The minimum Gasteiger partial charge on any atom is -0.334 e. The Hall–Kier alpha value is -1.48. The van der Waals surface area contributed by atoms with Crippen molar-refractivity contribution < 1.29 is 12.9 Å². The molecule has 0 unspecified atom stereocenters. The standard InChI is InChI=1S/C13H16N4O3S.ClH/c1-15-21(18,19)10-5-2-4-9(8-10)11-16-12(17-20-11)13(14)6-3-7-13;/h2,4-5,8,15H,3,6-7,14H2,1H3;1H. The molecule has 1 aliphatic carbocycles. The predicted octanol–water partition coefficient (Wildman–Crippen LogP) is 1.40. The molecular formula is C13H17ClN4O3S. The Morgan fingerprint density at radius 1 is 1.36 bits per heavy atom. The molecule has 0 atom stereocenters. The van der Waals surface area contributed by atoms with E-state index in [0.29, 0.717) is 11.4 Å². The van der Waals surface area contributed by atoms with E-state index in [1.165, 1.54) is 19.2 Å². The van der Waals surface area contributed by atoms with E-state index in [2.05, 4.69) is 14.9 Å². The van der Waals surface area contributed by atoms with E-state index in [-0.39, 0.29) is 23.2 Å². The predicted molar refractivity (Wildman–Crippen MR) is 82.9 cm³/mol. The Balaban J connectivity index is 0.00000176. The van der Waals surface area contributed by atoms with Gasteiger partial charge in [0.25, 0.3) is 5.89 Å². The van der Waals surface area contributed by atoms with Crippen LogP contribution in [0, 0.1) is 0 Å². The summed E-state index contributed by atoms with van der Waals surface area (Å²) in [7, 11) is -2.15. The molecule has 1 aromatic carbocycles. The van der Waals surface area contributed by atoms with Crippen molar-refractivity contribution in [1.82, 2.24) is 14.9 Å². The number of nitrogens with one attached hydrogen (secondary N) is 1. The number of nitrogens with two attached hydrogens (primary N) is 1. The molecule has 120 valence electrons. The molecule has 0 bridgehead atoms. The van der Waals surface area contributed by atoms with Crippen molar-refractivity contribution in [1.29, 1.82) is 0 Å². The molecule has 7 nitrogen and oxygen atoms in total. The maximum atomic E-state index is 11.8. The van der Waals surface area contributed by atoms with Gasteiger partial charge in [0.15, 0.2) is 5.82 Å². The molecule has 0 aliphatic heterocycles. The highest BCUT2D eigenvalue weighted by Crippen LogP contribution is 2.37. The minimum absolute atomic E-state index is 0. The van der Waals surface area contributed by atoms with Gasteiger partial charge in [0.1, 0.15) is 0 Å². The maximum Gasteiger partial charge on any atom is 0.258 e. The van der Waals surface area contributed by atoms with Crippen molar-refractivity contribution in [3.63, 3.8) is 0 Å². The van der Waals surface area contributed by atoms with Gasteiger partial charge < -0.3 is 10.3 Å². The van der Waals surface area contributed by atoms with Crippen LogP contribution in [0.2, 0.25) is 0 Å². The van der Waals surface area contributed by atoms with Crippen molar-refractivity contribution in [3.8, 4) is 11.5 Å². The highest BCUT2D eigenvalue weighted by atomic mass is 35.5. The number of hydrogen-bond donors (Lipinski definition) is 2. The van der Waals surface area contributed by atoms with Crippen molar-refractivity contribution in [2.24, 2.45) is 5.73 Å². The van der Waals surface area contributed by atoms with Crippen molar-refractivity contribution in [3.05, 3.63) is 30.1 Å². The Bertz CT molecular complexity index is 771. The average Bonchev–Trinajstić information content (AvgIpc) is 2.95. The fourth-order valence-electron chi connectivity index (χ4n) is 2.24. The molecule has 22 heavy (non-hydrogen) atoms. The molecule has 1 fully saturated rings. The first-order valence-electron chi connectivity index (χ1n) is 6.62. The van der Waals surface area contributed by atoms with Gasteiger partial charge in [-0.2, -0.15) is 4.98 Å². The number of aromatic nitrogens is 2. The van der Waals surface area contributed by atoms with Crippen LogP contribution >= 0.6 is 12.4 Å². The fraction of sp³-hybridized carbons (Fsp3) is 0.385. The normalized spacial score (nSPS) is 16.6. The summed E-state index contributed by atoms with van der Waals surface area (Å²) in [6, 6.07) is 6.34. The molecular weight excluding hydrogens is 328 g/mol. The first-order chi connectivity index (χ1) is 9.94. The second kappa shape index (κ2) is 5.96. The molecule has 2 aromatic rings. The second-order valence-corrected chi connectivity index (χ2v) is 7.05. The van der Waals surface area contributed by atoms with Gasteiger partial charge in [-0.1, -0.05) is 11.2 Å². The van der Waals surface area contributed by atoms with Crippen LogP contribution in [0.15, 0.2) is 33.7 Å². The van der Waals surface area contributed by atoms with Crippen LogP contribution in [-0.4, -0.2) is 25.6 Å². The number of rotatable bonds is 4. The van der Waals surface area contributed by atoms with Gasteiger partial charge >= 0.3 is 0 Å². The van der Waals surface area contributed by atoms with E-state index >= 15 is 0 Å². The SMILES string of the molecule is CNS(=O)(=O)c1cccc(-c2nc(C3(N)CCC3)no2)c1.Cl. The quantitative estimate of drug-likeness (QED) is 0.867. The van der Waals surface area contributed by atoms with E-state index in [4.69, 9.17) is 10.3 Å². The van der Waals surface area contributed by atoms with Crippen LogP contribution in [0.4, 0.5) is 0 Å². The lowest BCUT2D eigenvalue weighted by Crippen LogP contribution is -2.44.